The summed E-state index contributed by atoms with van der Waals surface area (Å²) in [5.41, 5.74) is 7.36. The van der Waals surface area contributed by atoms with Gasteiger partial charge in [-0.05, 0) is 35.4 Å². The molecule has 2 aromatic rings. The Morgan fingerprint density at radius 1 is 0.955 bits per heavy atom. The molecule has 2 rings (SSSR count). The van der Waals surface area contributed by atoms with Gasteiger partial charge in [0.15, 0.2) is 6.61 Å². The van der Waals surface area contributed by atoms with E-state index < -0.39 is 5.91 Å². The Morgan fingerprint density at radius 2 is 1.45 bits per heavy atom. The van der Waals surface area contributed by atoms with E-state index in [1.165, 1.54) is 5.56 Å². The van der Waals surface area contributed by atoms with Gasteiger partial charge < -0.3 is 20.5 Å². The third kappa shape index (κ3) is 5.10. The monoisotopic (exact) mass is 300 g/mol. The quantitative estimate of drug-likeness (QED) is 0.780. The fourth-order valence-electron chi connectivity index (χ4n) is 1.95. The molecule has 0 aliphatic carbocycles. The number of primary amides is 1. The van der Waals surface area contributed by atoms with Crippen molar-refractivity contribution in [3.63, 3.8) is 0 Å². The number of rotatable bonds is 8. The van der Waals surface area contributed by atoms with Crippen molar-refractivity contribution in [2.75, 3.05) is 13.7 Å². The van der Waals surface area contributed by atoms with Gasteiger partial charge in [-0.2, -0.15) is 0 Å². The first-order chi connectivity index (χ1) is 10.7. The predicted molar refractivity (Wildman–Crippen MR) is 84.7 cm³/mol. The molecule has 0 radical (unpaired) electrons. The summed E-state index contributed by atoms with van der Waals surface area (Å²) in [6.07, 6.45) is 0. The van der Waals surface area contributed by atoms with Crippen LogP contribution in [-0.2, 0) is 17.9 Å². The summed E-state index contributed by atoms with van der Waals surface area (Å²) in [7, 11) is 1.66. The first-order valence-corrected chi connectivity index (χ1v) is 7.01. The molecule has 1 amide bonds. The van der Waals surface area contributed by atoms with E-state index in [1.807, 2.05) is 48.5 Å². The number of hydrogen-bond donors (Lipinski definition) is 2. The van der Waals surface area contributed by atoms with E-state index in [9.17, 15) is 4.79 Å². The lowest BCUT2D eigenvalue weighted by Gasteiger charge is -2.08. The van der Waals surface area contributed by atoms with Crippen molar-refractivity contribution in [3.05, 3.63) is 59.7 Å². The molecule has 3 N–H and O–H groups in total. The average molecular weight is 300 g/mol. The summed E-state index contributed by atoms with van der Waals surface area (Å²) in [6.45, 7) is 1.43. The number of nitrogens with two attached hydrogens (primary N) is 1. The van der Waals surface area contributed by atoms with Crippen LogP contribution in [0.2, 0.25) is 0 Å². The van der Waals surface area contributed by atoms with Gasteiger partial charge in [0.2, 0.25) is 0 Å². The molecule has 0 bridgehead atoms. The van der Waals surface area contributed by atoms with E-state index in [4.69, 9.17) is 15.2 Å². The second-order valence-corrected chi connectivity index (χ2v) is 4.85. The number of carbonyl (C=O) groups excluding carboxylic acids is 1. The second kappa shape index (κ2) is 8.05. The molecule has 0 aliphatic rings. The highest BCUT2D eigenvalue weighted by atomic mass is 16.5. The Hall–Kier alpha value is -2.53. The number of amides is 1. The highest BCUT2D eigenvalue weighted by Gasteiger charge is 1.99. The molecule has 0 saturated heterocycles. The summed E-state index contributed by atoms with van der Waals surface area (Å²) in [5.74, 6) is 1.01. The van der Waals surface area contributed by atoms with Crippen molar-refractivity contribution in [2.45, 2.75) is 13.1 Å². The van der Waals surface area contributed by atoms with E-state index in [2.05, 4.69) is 5.32 Å². The zero-order valence-corrected chi connectivity index (χ0v) is 12.5. The van der Waals surface area contributed by atoms with Crippen LogP contribution in [0.1, 0.15) is 11.1 Å². The molecule has 0 aliphatic heterocycles. The minimum absolute atomic E-state index is 0.102. The molecule has 2 aromatic carbocycles. The third-order valence-electron chi connectivity index (χ3n) is 3.12. The van der Waals surface area contributed by atoms with Crippen LogP contribution in [0, 0.1) is 0 Å². The molecule has 0 unspecified atom stereocenters. The topological polar surface area (TPSA) is 73.6 Å². The van der Waals surface area contributed by atoms with Crippen molar-refractivity contribution >= 4 is 5.91 Å². The molecule has 0 saturated carbocycles. The molecule has 0 spiro atoms. The summed E-state index contributed by atoms with van der Waals surface area (Å²) >= 11 is 0. The van der Waals surface area contributed by atoms with Crippen LogP contribution in [0.3, 0.4) is 0 Å². The first-order valence-electron chi connectivity index (χ1n) is 7.01. The molecule has 5 nitrogen and oxygen atoms in total. The number of benzene rings is 2. The lowest BCUT2D eigenvalue weighted by atomic mass is 10.2. The maximum absolute atomic E-state index is 10.6. The summed E-state index contributed by atoms with van der Waals surface area (Å²) < 4.78 is 10.3. The van der Waals surface area contributed by atoms with Crippen molar-refractivity contribution in [3.8, 4) is 11.5 Å². The van der Waals surface area contributed by atoms with E-state index >= 15 is 0 Å². The Labute approximate surface area is 130 Å². The lowest BCUT2D eigenvalue weighted by Crippen LogP contribution is -2.20. The van der Waals surface area contributed by atoms with E-state index in [-0.39, 0.29) is 6.61 Å². The Bertz CT molecular complexity index is 594. The number of ether oxygens (including phenoxy) is 2. The van der Waals surface area contributed by atoms with Gasteiger partial charge in [0.1, 0.15) is 11.5 Å². The van der Waals surface area contributed by atoms with Crippen LogP contribution in [-0.4, -0.2) is 19.6 Å². The SMILES string of the molecule is COc1ccc(CNCc2ccc(OCC(N)=O)cc2)cc1. The number of nitrogens with one attached hydrogen (secondary N) is 1. The minimum Gasteiger partial charge on any atom is -0.497 e. The summed E-state index contributed by atoms with van der Waals surface area (Å²) in [5, 5.41) is 3.37. The van der Waals surface area contributed by atoms with Crippen molar-refractivity contribution in [2.24, 2.45) is 5.73 Å². The van der Waals surface area contributed by atoms with Gasteiger partial charge in [-0.3, -0.25) is 4.79 Å². The van der Waals surface area contributed by atoms with Crippen molar-refractivity contribution in [1.29, 1.82) is 0 Å². The Balaban J connectivity index is 1.77. The van der Waals surface area contributed by atoms with Crippen LogP contribution in [0.4, 0.5) is 0 Å². The highest BCUT2D eigenvalue weighted by molar-refractivity contribution is 5.75. The number of hydrogen-bond acceptors (Lipinski definition) is 4. The van der Waals surface area contributed by atoms with Gasteiger partial charge in [-0.25, -0.2) is 0 Å². The maximum Gasteiger partial charge on any atom is 0.255 e. The van der Waals surface area contributed by atoms with Gasteiger partial charge >= 0.3 is 0 Å². The zero-order valence-electron chi connectivity index (χ0n) is 12.5. The number of carbonyl (C=O) groups is 1. The molecule has 0 fully saturated rings. The van der Waals surface area contributed by atoms with E-state index in [1.54, 1.807) is 7.11 Å². The highest BCUT2D eigenvalue weighted by Crippen LogP contribution is 2.13. The third-order valence-corrected chi connectivity index (χ3v) is 3.12. The van der Waals surface area contributed by atoms with E-state index in [0.717, 1.165) is 24.4 Å². The molecule has 0 heterocycles. The zero-order chi connectivity index (χ0) is 15.8. The fourth-order valence-corrected chi connectivity index (χ4v) is 1.95. The number of methoxy groups -OCH3 is 1. The lowest BCUT2D eigenvalue weighted by molar-refractivity contribution is -0.119. The van der Waals surface area contributed by atoms with Crippen LogP contribution < -0.4 is 20.5 Å². The van der Waals surface area contributed by atoms with Crippen LogP contribution in [0.25, 0.3) is 0 Å². The van der Waals surface area contributed by atoms with Gasteiger partial charge in [0.25, 0.3) is 5.91 Å². The van der Waals surface area contributed by atoms with Crippen LogP contribution in [0.5, 0.6) is 11.5 Å². The average Bonchev–Trinajstić information content (AvgIpc) is 2.55. The van der Waals surface area contributed by atoms with Crippen LogP contribution >= 0.6 is 0 Å². The van der Waals surface area contributed by atoms with Gasteiger partial charge in [-0.1, -0.05) is 24.3 Å². The summed E-state index contributed by atoms with van der Waals surface area (Å²) in [6, 6.07) is 15.5. The summed E-state index contributed by atoms with van der Waals surface area (Å²) in [4.78, 5) is 10.6. The van der Waals surface area contributed by atoms with Crippen molar-refractivity contribution < 1.29 is 14.3 Å². The molecular formula is C17H20N2O3. The first kappa shape index (κ1) is 15.9. The molecule has 0 atom stereocenters. The van der Waals surface area contributed by atoms with Crippen molar-refractivity contribution in [1.82, 2.24) is 5.32 Å². The Kier molecular flexibility index (Phi) is 5.80. The Morgan fingerprint density at radius 3 is 1.91 bits per heavy atom. The van der Waals surface area contributed by atoms with Gasteiger partial charge in [0, 0.05) is 13.1 Å². The predicted octanol–water partition coefficient (Wildman–Crippen LogP) is 1.85. The van der Waals surface area contributed by atoms with E-state index in [0.29, 0.717) is 5.75 Å². The molecular weight excluding hydrogens is 280 g/mol. The standard InChI is InChI=1S/C17H20N2O3/c1-21-15-6-2-13(3-7-15)10-19-11-14-4-8-16(9-5-14)22-12-17(18)20/h2-9,19H,10-12H2,1H3,(H2,18,20). The maximum atomic E-state index is 10.6. The fraction of sp³-hybridized carbons (Fsp3) is 0.235. The minimum atomic E-state index is -0.481. The largest absolute Gasteiger partial charge is 0.497 e. The molecule has 5 heteroatoms. The van der Waals surface area contributed by atoms with Gasteiger partial charge in [-0.15, -0.1) is 0 Å². The van der Waals surface area contributed by atoms with Gasteiger partial charge in [0.05, 0.1) is 7.11 Å². The van der Waals surface area contributed by atoms with Crippen LogP contribution in [0.15, 0.2) is 48.5 Å². The normalized spacial score (nSPS) is 10.2. The molecule has 22 heavy (non-hydrogen) atoms. The molecule has 116 valence electrons. The second-order valence-electron chi connectivity index (χ2n) is 4.85. The smallest absolute Gasteiger partial charge is 0.255 e. The molecule has 0 aromatic heterocycles.